The van der Waals surface area contributed by atoms with Gasteiger partial charge in [0, 0.05) is 11.9 Å². The average Bonchev–Trinajstić information content (AvgIpc) is 3.18. The first-order chi connectivity index (χ1) is 16.0. The second kappa shape index (κ2) is 10.6. The normalized spacial score (nSPS) is 13.2. The van der Waals surface area contributed by atoms with Crippen molar-refractivity contribution in [2.45, 2.75) is 31.4 Å². The molecule has 3 aromatic rings. The molecular formula is C21H19BF4N2O6. The van der Waals surface area contributed by atoms with Crippen LogP contribution in [0.1, 0.15) is 11.1 Å². The standard InChI is InChI=1S/C21H19BF4N2O6/c23-18(19(29)27-10-12-4-3-5-14(8-12)34-21(24,25)26)20(30)28-17(22(31)32)9-13-11-33-16-7-2-1-6-15(13)16/h1-8,11,17-18,31-32H,9-10H2,(H,27,29)(H,28,30)/t17-,18?/m0/s1. The topological polar surface area (TPSA) is 121 Å². The summed E-state index contributed by atoms with van der Waals surface area (Å²) in [5.41, 5.74) is 1.22. The van der Waals surface area contributed by atoms with Crippen LogP contribution in [0.15, 0.2) is 59.2 Å². The van der Waals surface area contributed by atoms with Crippen LogP contribution >= 0.6 is 0 Å². The maximum Gasteiger partial charge on any atom is 0.573 e. The summed E-state index contributed by atoms with van der Waals surface area (Å²) in [6.07, 6.45) is -6.37. The molecule has 13 heteroatoms. The second-order valence-corrected chi connectivity index (χ2v) is 7.27. The van der Waals surface area contributed by atoms with E-state index in [-0.39, 0.29) is 18.5 Å². The third-order valence-corrected chi connectivity index (χ3v) is 4.75. The van der Waals surface area contributed by atoms with Crippen LogP contribution in [0.4, 0.5) is 17.6 Å². The van der Waals surface area contributed by atoms with Crippen molar-refractivity contribution < 1.29 is 46.4 Å². The van der Waals surface area contributed by atoms with E-state index < -0.39 is 43.2 Å². The maximum atomic E-state index is 14.4. The Bertz CT molecular complexity index is 1150. The van der Waals surface area contributed by atoms with E-state index in [0.29, 0.717) is 16.5 Å². The predicted molar refractivity (Wildman–Crippen MR) is 112 cm³/mol. The number of nitrogens with one attached hydrogen (secondary N) is 2. The van der Waals surface area contributed by atoms with Gasteiger partial charge in [-0.05, 0) is 35.7 Å². The van der Waals surface area contributed by atoms with Crippen molar-refractivity contribution in [2.24, 2.45) is 0 Å². The van der Waals surface area contributed by atoms with Crippen molar-refractivity contribution in [1.29, 1.82) is 0 Å². The Balaban J connectivity index is 1.58. The molecule has 3 rings (SSSR count). The SMILES string of the molecule is O=C(NCc1cccc(OC(F)(F)F)c1)C(F)C(=O)N[C@@H](Cc1coc2ccccc12)B(O)O. The van der Waals surface area contributed by atoms with Gasteiger partial charge in [-0.15, -0.1) is 13.2 Å². The van der Waals surface area contributed by atoms with Crippen molar-refractivity contribution in [2.75, 3.05) is 0 Å². The van der Waals surface area contributed by atoms with Crippen molar-refractivity contribution in [3.05, 3.63) is 65.9 Å². The first-order valence-electron chi connectivity index (χ1n) is 9.91. The summed E-state index contributed by atoms with van der Waals surface area (Å²) in [5, 5.41) is 24.0. The number of carbonyl (C=O) groups is 2. The molecule has 0 radical (unpaired) electrons. The fraction of sp³-hybridized carbons (Fsp3) is 0.238. The number of hydrogen-bond donors (Lipinski definition) is 4. The van der Waals surface area contributed by atoms with E-state index in [1.165, 1.54) is 18.4 Å². The lowest BCUT2D eigenvalue weighted by atomic mass is 9.76. The van der Waals surface area contributed by atoms with E-state index in [4.69, 9.17) is 4.42 Å². The first-order valence-corrected chi connectivity index (χ1v) is 9.91. The van der Waals surface area contributed by atoms with Crippen LogP contribution in [0.5, 0.6) is 5.75 Å². The predicted octanol–water partition coefficient (Wildman–Crippen LogP) is 2.03. The monoisotopic (exact) mass is 482 g/mol. The Morgan fingerprint density at radius 1 is 1.09 bits per heavy atom. The van der Waals surface area contributed by atoms with E-state index in [0.717, 1.165) is 12.1 Å². The number of carbonyl (C=O) groups excluding carboxylic acids is 2. The van der Waals surface area contributed by atoms with Gasteiger partial charge in [0.2, 0.25) is 0 Å². The zero-order valence-electron chi connectivity index (χ0n) is 17.4. The summed E-state index contributed by atoms with van der Waals surface area (Å²) in [7, 11) is -2.07. The third-order valence-electron chi connectivity index (χ3n) is 4.75. The quantitative estimate of drug-likeness (QED) is 0.211. The molecule has 0 fully saturated rings. The molecule has 0 saturated carbocycles. The lowest BCUT2D eigenvalue weighted by Crippen LogP contribution is -2.52. The highest BCUT2D eigenvalue weighted by Gasteiger charge is 2.33. The van der Waals surface area contributed by atoms with Gasteiger partial charge in [0.1, 0.15) is 11.3 Å². The summed E-state index contributed by atoms with van der Waals surface area (Å²) in [6.45, 7) is -0.380. The fourth-order valence-electron chi connectivity index (χ4n) is 3.17. The summed E-state index contributed by atoms with van der Waals surface area (Å²) in [5.74, 6) is -4.66. The van der Waals surface area contributed by atoms with Gasteiger partial charge < -0.3 is 29.8 Å². The largest absolute Gasteiger partial charge is 0.573 e. The van der Waals surface area contributed by atoms with Gasteiger partial charge in [-0.3, -0.25) is 9.59 Å². The molecule has 8 nitrogen and oxygen atoms in total. The number of furan rings is 1. The van der Waals surface area contributed by atoms with Crippen molar-refractivity contribution in [3.63, 3.8) is 0 Å². The molecule has 0 spiro atoms. The van der Waals surface area contributed by atoms with Crippen LogP contribution < -0.4 is 15.4 Å². The van der Waals surface area contributed by atoms with Crippen LogP contribution in [0.25, 0.3) is 11.0 Å². The Morgan fingerprint density at radius 3 is 2.53 bits per heavy atom. The molecule has 0 bridgehead atoms. The maximum absolute atomic E-state index is 14.4. The van der Waals surface area contributed by atoms with E-state index in [1.54, 1.807) is 24.3 Å². The lowest BCUT2D eigenvalue weighted by molar-refractivity contribution is -0.274. The molecular weight excluding hydrogens is 463 g/mol. The van der Waals surface area contributed by atoms with E-state index >= 15 is 0 Å². The Labute approximate surface area is 190 Å². The van der Waals surface area contributed by atoms with Gasteiger partial charge in [-0.1, -0.05) is 30.3 Å². The molecule has 0 aliphatic carbocycles. The Hall–Kier alpha value is -3.58. The average molecular weight is 482 g/mol. The molecule has 180 valence electrons. The molecule has 0 aliphatic heterocycles. The molecule has 0 aliphatic rings. The minimum absolute atomic E-state index is 0.124. The van der Waals surface area contributed by atoms with Crippen LogP contribution in [0.2, 0.25) is 0 Å². The fourth-order valence-corrected chi connectivity index (χ4v) is 3.17. The first kappa shape index (κ1) is 25.1. The van der Waals surface area contributed by atoms with Crippen LogP contribution in [-0.4, -0.2) is 47.5 Å². The number of ether oxygens (including phenoxy) is 1. The molecule has 1 aromatic heterocycles. The highest BCUT2D eigenvalue weighted by atomic mass is 19.4. The van der Waals surface area contributed by atoms with E-state index in [2.05, 4.69) is 15.4 Å². The van der Waals surface area contributed by atoms with E-state index in [1.807, 2.05) is 0 Å². The third kappa shape index (κ3) is 6.72. The number of para-hydroxylation sites is 1. The second-order valence-electron chi connectivity index (χ2n) is 7.27. The highest BCUT2D eigenvalue weighted by molar-refractivity contribution is 6.43. The van der Waals surface area contributed by atoms with Crippen molar-refractivity contribution in [1.82, 2.24) is 10.6 Å². The lowest BCUT2D eigenvalue weighted by Gasteiger charge is -2.18. The van der Waals surface area contributed by atoms with E-state index in [9.17, 15) is 37.2 Å². The van der Waals surface area contributed by atoms with Gasteiger partial charge in [0.05, 0.1) is 12.2 Å². The number of fused-ring (bicyclic) bond motifs is 1. The molecule has 2 aromatic carbocycles. The molecule has 2 amide bonds. The summed E-state index contributed by atoms with van der Waals surface area (Å²) < 4.78 is 60.4. The van der Waals surface area contributed by atoms with Crippen molar-refractivity contribution >= 4 is 29.9 Å². The molecule has 1 unspecified atom stereocenters. The molecule has 1 heterocycles. The zero-order chi connectivity index (χ0) is 24.9. The smallest absolute Gasteiger partial charge is 0.464 e. The number of hydrogen-bond acceptors (Lipinski definition) is 6. The number of rotatable bonds is 9. The highest BCUT2D eigenvalue weighted by Crippen LogP contribution is 2.24. The van der Waals surface area contributed by atoms with Crippen LogP contribution in [-0.2, 0) is 22.6 Å². The molecule has 34 heavy (non-hydrogen) atoms. The summed E-state index contributed by atoms with van der Waals surface area (Å²) in [6, 6.07) is 11.5. The van der Waals surface area contributed by atoms with Gasteiger partial charge in [-0.25, -0.2) is 4.39 Å². The van der Waals surface area contributed by atoms with Gasteiger partial charge in [0.25, 0.3) is 18.0 Å². The van der Waals surface area contributed by atoms with Crippen molar-refractivity contribution in [3.8, 4) is 5.75 Å². The molecule has 0 saturated heterocycles. The van der Waals surface area contributed by atoms with Crippen LogP contribution in [0, 0.1) is 0 Å². The minimum atomic E-state index is -4.90. The number of halogens is 4. The Morgan fingerprint density at radius 2 is 1.82 bits per heavy atom. The molecule has 2 atom stereocenters. The number of benzene rings is 2. The van der Waals surface area contributed by atoms with Crippen LogP contribution in [0.3, 0.4) is 0 Å². The number of alkyl halides is 4. The molecule has 4 N–H and O–H groups in total. The van der Waals surface area contributed by atoms with Gasteiger partial charge in [0.15, 0.2) is 0 Å². The minimum Gasteiger partial charge on any atom is -0.464 e. The summed E-state index contributed by atoms with van der Waals surface area (Å²) in [4.78, 5) is 24.2. The zero-order valence-corrected chi connectivity index (χ0v) is 17.4. The van der Waals surface area contributed by atoms with Gasteiger partial charge in [-0.2, -0.15) is 0 Å². The number of amides is 2. The Kier molecular flexibility index (Phi) is 7.79. The summed E-state index contributed by atoms with van der Waals surface area (Å²) >= 11 is 0. The van der Waals surface area contributed by atoms with Gasteiger partial charge >= 0.3 is 13.5 Å².